The van der Waals surface area contributed by atoms with E-state index in [4.69, 9.17) is 31.4 Å². The van der Waals surface area contributed by atoms with Gasteiger partial charge in [0.1, 0.15) is 29.5 Å². The second-order valence-corrected chi connectivity index (χ2v) is 10.1. The van der Waals surface area contributed by atoms with Gasteiger partial charge in [0, 0.05) is 26.2 Å². The molecule has 3 aliphatic rings. The summed E-state index contributed by atoms with van der Waals surface area (Å²) < 4.78 is 5.28. The first-order chi connectivity index (χ1) is 16.4. The number of benzene rings is 1. The lowest BCUT2D eigenvalue weighted by Crippen LogP contribution is -2.56. The van der Waals surface area contributed by atoms with Gasteiger partial charge in [0.25, 0.3) is 0 Å². The van der Waals surface area contributed by atoms with Crippen molar-refractivity contribution < 1.29 is 4.74 Å². The average Bonchev–Trinajstić information content (AvgIpc) is 3.13. The molecule has 0 spiro atoms. The molecule has 0 amide bonds. The molecule has 8 nitrogen and oxygen atoms in total. The zero-order valence-corrected chi connectivity index (χ0v) is 21.8. The number of amidine groups is 2. The number of hydrogen-bond donors (Lipinski definition) is 1. The molecule has 1 aromatic rings. The topological polar surface area (TPSA) is 68.1 Å². The summed E-state index contributed by atoms with van der Waals surface area (Å²) in [6.45, 7) is 5.72. The highest BCUT2D eigenvalue weighted by molar-refractivity contribution is 6.32. The number of nitrogens with zero attached hydrogens (tertiary/aromatic N) is 6. The van der Waals surface area contributed by atoms with E-state index in [2.05, 4.69) is 36.1 Å². The number of hydrogen-bond acceptors (Lipinski definition) is 7. The third kappa shape index (κ3) is 5.56. The summed E-state index contributed by atoms with van der Waals surface area (Å²) in [5.74, 6) is 2.60. The fourth-order valence-corrected chi connectivity index (χ4v) is 5.34. The summed E-state index contributed by atoms with van der Waals surface area (Å²) in [6, 6.07) is 6.53. The molecule has 0 saturated carbocycles. The number of likely N-dealkylation sites (N-methyl/N-ethyl adjacent to an activating group) is 1. The van der Waals surface area contributed by atoms with Crippen molar-refractivity contribution in [1.82, 2.24) is 20.1 Å². The molecular formula is C25H38ClN7O. The molecule has 3 aliphatic heterocycles. The maximum Gasteiger partial charge on any atom is 0.137 e. The summed E-state index contributed by atoms with van der Waals surface area (Å²) in [6.07, 6.45) is 4.40. The van der Waals surface area contributed by atoms with E-state index in [0.29, 0.717) is 23.4 Å². The minimum absolute atomic E-state index is 0.0125. The Kier molecular flexibility index (Phi) is 8.11. The van der Waals surface area contributed by atoms with Crippen molar-refractivity contribution in [1.29, 1.82) is 0 Å². The first kappa shape index (κ1) is 24.9. The molecule has 1 N–H and O–H groups in total. The van der Waals surface area contributed by atoms with E-state index in [1.54, 1.807) is 7.11 Å². The second-order valence-electron chi connectivity index (χ2n) is 9.65. The number of fused-ring (bicyclic) bond motifs is 1. The first-order valence-electron chi connectivity index (χ1n) is 12.3. The van der Waals surface area contributed by atoms with E-state index >= 15 is 0 Å². The lowest BCUT2D eigenvalue weighted by Gasteiger charge is -2.37. The lowest BCUT2D eigenvalue weighted by atomic mass is 9.98. The minimum atomic E-state index is 0.0125. The minimum Gasteiger partial charge on any atom is -0.495 e. The Morgan fingerprint density at radius 1 is 1.26 bits per heavy atom. The summed E-state index contributed by atoms with van der Waals surface area (Å²) in [4.78, 5) is 15.0. The predicted octanol–water partition coefficient (Wildman–Crippen LogP) is 3.11. The van der Waals surface area contributed by atoms with Crippen LogP contribution in [-0.2, 0) is 6.54 Å². The standard InChI is InChI=1S/C25H38ClN7O/c1-6-7-20-23-24(32(4)30-20)25(27-15-17-8-9-21(34-5)19(26)14-17)29-22(28-23)16-33-12-10-18(11-13-33)31(2)3/h8-9,14,18,23-24H,6-7,10-13,15-16H2,1-5H3,(H,27,28,29). The van der Waals surface area contributed by atoms with Crippen molar-refractivity contribution >= 4 is 29.0 Å². The number of ether oxygens (including phenoxy) is 1. The van der Waals surface area contributed by atoms with Gasteiger partial charge in [0.2, 0.25) is 0 Å². The van der Waals surface area contributed by atoms with Gasteiger partial charge in [0.15, 0.2) is 0 Å². The van der Waals surface area contributed by atoms with Gasteiger partial charge in [-0.2, -0.15) is 5.10 Å². The maximum atomic E-state index is 6.34. The van der Waals surface area contributed by atoms with Gasteiger partial charge < -0.3 is 15.0 Å². The Labute approximate surface area is 208 Å². The second kappa shape index (κ2) is 11.1. The molecular weight excluding hydrogens is 450 g/mol. The van der Waals surface area contributed by atoms with Gasteiger partial charge in [0.05, 0.1) is 30.9 Å². The Morgan fingerprint density at radius 2 is 2.03 bits per heavy atom. The van der Waals surface area contributed by atoms with Crippen molar-refractivity contribution in [3.8, 4) is 5.75 Å². The number of methoxy groups -OCH3 is 1. The summed E-state index contributed by atoms with van der Waals surface area (Å²) in [7, 11) is 8.00. The van der Waals surface area contributed by atoms with Gasteiger partial charge in [-0.3, -0.25) is 19.9 Å². The normalized spacial score (nSPS) is 24.8. The van der Waals surface area contributed by atoms with Gasteiger partial charge >= 0.3 is 0 Å². The number of hydrazone groups is 1. The number of likely N-dealkylation sites (tertiary alicyclic amines) is 1. The zero-order valence-electron chi connectivity index (χ0n) is 21.1. The Balaban J connectivity index is 1.52. The smallest absolute Gasteiger partial charge is 0.137 e. The van der Waals surface area contributed by atoms with Crippen molar-refractivity contribution in [2.45, 2.75) is 57.3 Å². The molecule has 3 heterocycles. The number of aliphatic imine (C=N–C) groups is 2. The van der Waals surface area contributed by atoms with Crippen LogP contribution in [0.25, 0.3) is 0 Å². The van der Waals surface area contributed by atoms with E-state index < -0.39 is 0 Å². The van der Waals surface area contributed by atoms with Crippen LogP contribution in [0.4, 0.5) is 0 Å². The van der Waals surface area contributed by atoms with E-state index in [-0.39, 0.29) is 12.1 Å². The molecule has 2 unspecified atom stereocenters. The molecule has 1 saturated heterocycles. The van der Waals surface area contributed by atoms with Crippen LogP contribution in [0.1, 0.15) is 38.2 Å². The predicted molar refractivity (Wildman–Crippen MR) is 141 cm³/mol. The first-order valence-corrected chi connectivity index (χ1v) is 12.7. The van der Waals surface area contributed by atoms with Gasteiger partial charge in [-0.05, 0) is 51.1 Å². The van der Waals surface area contributed by atoms with E-state index in [1.807, 2.05) is 30.3 Å². The van der Waals surface area contributed by atoms with Crippen LogP contribution in [0, 0.1) is 0 Å². The Morgan fingerprint density at radius 3 is 2.68 bits per heavy atom. The van der Waals surface area contributed by atoms with E-state index in [9.17, 15) is 0 Å². The van der Waals surface area contributed by atoms with Crippen LogP contribution < -0.4 is 10.1 Å². The van der Waals surface area contributed by atoms with Gasteiger partial charge in [-0.25, -0.2) is 0 Å². The van der Waals surface area contributed by atoms with Crippen molar-refractivity contribution in [2.75, 3.05) is 47.9 Å². The molecule has 2 atom stereocenters. The van der Waals surface area contributed by atoms with Crippen molar-refractivity contribution in [3.63, 3.8) is 0 Å². The highest BCUT2D eigenvalue weighted by Gasteiger charge is 2.42. The fourth-order valence-electron chi connectivity index (χ4n) is 5.06. The number of rotatable bonds is 8. The average molecular weight is 488 g/mol. The fraction of sp³-hybridized carbons (Fsp3) is 0.640. The molecule has 0 aromatic heterocycles. The van der Waals surface area contributed by atoms with Crippen molar-refractivity contribution in [3.05, 3.63) is 28.8 Å². The Bertz CT molecular complexity index is 953. The van der Waals surface area contributed by atoms with Crippen molar-refractivity contribution in [2.24, 2.45) is 15.1 Å². The van der Waals surface area contributed by atoms with Crippen LogP contribution in [-0.4, -0.2) is 98.2 Å². The quantitative estimate of drug-likeness (QED) is 0.610. The van der Waals surface area contributed by atoms with Crippen LogP contribution in [0.2, 0.25) is 5.02 Å². The highest BCUT2D eigenvalue weighted by Crippen LogP contribution is 2.27. The molecule has 186 valence electrons. The van der Waals surface area contributed by atoms with Crippen LogP contribution >= 0.6 is 11.6 Å². The maximum absolute atomic E-state index is 6.34. The molecule has 0 radical (unpaired) electrons. The summed E-state index contributed by atoms with van der Waals surface area (Å²) in [5, 5.41) is 11.0. The largest absolute Gasteiger partial charge is 0.495 e. The van der Waals surface area contributed by atoms with Crippen LogP contribution in [0.15, 0.2) is 33.3 Å². The number of nitrogens with one attached hydrogen (secondary N) is 1. The molecule has 9 heteroatoms. The zero-order chi connectivity index (χ0) is 24.2. The highest BCUT2D eigenvalue weighted by atomic mass is 35.5. The SMILES string of the molecule is CCCC1=NN(C)C2C(=NCc3ccc(OC)c(Cl)c3)NC(CN3CCC(N(C)C)CC3)=NC12. The molecule has 34 heavy (non-hydrogen) atoms. The molecule has 1 fully saturated rings. The molecule has 0 aliphatic carbocycles. The molecule has 0 bridgehead atoms. The molecule has 1 aromatic carbocycles. The van der Waals surface area contributed by atoms with Crippen LogP contribution in [0.5, 0.6) is 5.75 Å². The number of piperidine rings is 1. The monoisotopic (exact) mass is 487 g/mol. The molecule has 4 rings (SSSR count). The Hall–Kier alpha value is -2.16. The lowest BCUT2D eigenvalue weighted by molar-refractivity contribution is 0.157. The third-order valence-corrected chi connectivity index (χ3v) is 7.29. The third-order valence-electron chi connectivity index (χ3n) is 6.99. The number of halogens is 1. The van der Waals surface area contributed by atoms with E-state index in [0.717, 1.165) is 55.4 Å². The van der Waals surface area contributed by atoms with Gasteiger partial charge in [-0.15, -0.1) is 0 Å². The van der Waals surface area contributed by atoms with Gasteiger partial charge in [-0.1, -0.05) is 31.0 Å². The summed E-state index contributed by atoms with van der Waals surface area (Å²) >= 11 is 6.34. The van der Waals surface area contributed by atoms with E-state index in [1.165, 1.54) is 12.8 Å². The summed E-state index contributed by atoms with van der Waals surface area (Å²) in [5.41, 5.74) is 2.20. The van der Waals surface area contributed by atoms with Crippen LogP contribution in [0.3, 0.4) is 0 Å².